The highest BCUT2D eigenvalue weighted by atomic mass is 32.2. The first-order chi connectivity index (χ1) is 11.3. The van der Waals surface area contributed by atoms with Crippen molar-refractivity contribution in [3.63, 3.8) is 0 Å². The van der Waals surface area contributed by atoms with Crippen LogP contribution in [0.2, 0.25) is 0 Å². The molecule has 6 nitrogen and oxygen atoms in total. The predicted octanol–water partition coefficient (Wildman–Crippen LogP) is 3.15. The van der Waals surface area contributed by atoms with Gasteiger partial charge in [-0.1, -0.05) is 11.8 Å². The van der Waals surface area contributed by atoms with Gasteiger partial charge in [-0.15, -0.1) is 5.10 Å². The molecule has 0 bridgehead atoms. The third-order valence-corrected chi connectivity index (χ3v) is 4.78. The largest absolute Gasteiger partial charge is 0.497 e. The molecule has 0 radical (unpaired) electrons. The topological polar surface area (TPSA) is 69.3 Å². The minimum atomic E-state index is 0.311. The maximum Gasteiger partial charge on any atom is 0.208 e. The Balaban J connectivity index is 1.68. The Morgan fingerprint density at radius 3 is 2.96 bits per heavy atom. The van der Waals surface area contributed by atoms with Gasteiger partial charge in [0, 0.05) is 18.4 Å². The van der Waals surface area contributed by atoms with E-state index in [2.05, 4.69) is 15.2 Å². The van der Waals surface area contributed by atoms with Gasteiger partial charge in [0.05, 0.1) is 25.9 Å². The van der Waals surface area contributed by atoms with Gasteiger partial charge in [0.15, 0.2) is 5.82 Å². The molecule has 0 amide bonds. The molecule has 124 valence electrons. The van der Waals surface area contributed by atoms with Crippen molar-refractivity contribution in [1.29, 1.82) is 0 Å². The zero-order valence-electron chi connectivity index (χ0n) is 13.4. The molecule has 1 aromatic carbocycles. The minimum Gasteiger partial charge on any atom is -0.497 e. The first-order valence-electron chi connectivity index (χ1n) is 7.69. The van der Waals surface area contributed by atoms with E-state index in [1.807, 2.05) is 18.2 Å². The fourth-order valence-corrected chi connectivity index (χ4v) is 3.40. The number of nitrogens with one attached hydrogen (secondary N) is 1. The number of H-pyrrole nitrogens is 1. The number of nitrogens with zero attached hydrogens (tertiary/aromatic N) is 2. The minimum absolute atomic E-state index is 0.311. The number of ether oxygens (including phenoxy) is 3. The molecule has 1 aliphatic rings. The maximum atomic E-state index is 5.73. The number of hydrogen-bond donors (Lipinski definition) is 1. The van der Waals surface area contributed by atoms with Crippen molar-refractivity contribution < 1.29 is 14.2 Å². The number of rotatable bonds is 6. The number of thioether (sulfide) groups is 1. The third kappa shape index (κ3) is 3.97. The maximum absolute atomic E-state index is 5.73. The Morgan fingerprint density at radius 2 is 2.22 bits per heavy atom. The van der Waals surface area contributed by atoms with Crippen LogP contribution in [-0.2, 0) is 4.74 Å². The molecule has 2 heterocycles. The molecule has 3 rings (SSSR count). The zero-order chi connectivity index (χ0) is 16.1. The second-order valence-corrected chi connectivity index (χ2v) is 6.32. The summed E-state index contributed by atoms with van der Waals surface area (Å²) in [5.41, 5.74) is 0.863. The molecule has 1 atom stereocenters. The van der Waals surface area contributed by atoms with Crippen LogP contribution in [0, 0.1) is 0 Å². The lowest BCUT2D eigenvalue weighted by molar-refractivity contribution is 0.0315. The van der Waals surface area contributed by atoms with E-state index in [-0.39, 0.29) is 0 Å². The number of methoxy groups -OCH3 is 2. The molecular weight excluding hydrogens is 314 g/mol. The molecule has 7 heteroatoms. The summed E-state index contributed by atoms with van der Waals surface area (Å²) in [6, 6.07) is 5.63. The van der Waals surface area contributed by atoms with Gasteiger partial charge in [-0.2, -0.15) is 0 Å². The van der Waals surface area contributed by atoms with Crippen LogP contribution in [0.5, 0.6) is 11.5 Å². The van der Waals surface area contributed by atoms with E-state index < -0.39 is 0 Å². The van der Waals surface area contributed by atoms with E-state index in [0.29, 0.717) is 17.7 Å². The van der Waals surface area contributed by atoms with E-state index in [4.69, 9.17) is 14.2 Å². The van der Waals surface area contributed by atoms with E-state index in [9.17, 15) is 0 Å². The van der Waals surface area contributed by atoms with Crippen molar-refractivity contribution >= 4 is 11.8 Å². The van der Waals surface area contributed by atoms with Crippen LogP contribution in [0.15, 0.2) is 23.4 Å². The Kier molecular flexibility index (Phi) is 5.40. The SMILES string of the molecule is COc1ccc(-c2nc(SCC3CCCCO3)n[nH]2)c(OC)c1. The Morgan fingerprint density at radius 1 is 1.30 bits per heavy atom. The predicted molar refractivity (Wildman–Crippen MR) is 89.2 cm³/mol. The second-order valence-electron chi connectivity index (χ2n) is 5.33. The second kappa shape index (κ2) is 7.70. The van der Waals surface area contributed by atoms with Crippen LogP contribution in [0.3, 0.4) is 0 Å². The quantitative estimate of drug-likeness (QED) is 0.818. The van der Waals surface area contributed by atoms with E-state index in [0.717, 1.165) is 35.2 Å². The van der Waals surface area contributed by atoms with Gasteiger partial charge in [-0.25, -0.2) is 4.98 Å². The summed E-state index contributed by atoms with van der Waals surface area (Å²) in [6.07, 6.45) is 3.85. The molecule has 1 aromatic heterocycles. The molecule has 0 aliphatic carbocycles. The highest BCUT2D eigenvalue weighted by molar-refractivity contribution is 7.99. The number of benzene rings is 1. The summed E-state index contributed by atoms with van der Waals surface area (Å²) in [5.74, 6) is 3.02. The number of aromatic amines is 1. The van der Waals surface area contributed by atoms with Gasteiger partial charge < -0.3 is 14.2 Å². The lowest BCUT2D eigenvalue weighted by atomic mass is 10.1. The third-order valence-electron chi connectivity index (χ3n) is 3.80. The summed E-state index contributed by atoms with van der Waals surface area (Å²) in [4.78, 5) is 4.55. The van der Waals surface area contributed by atoms with Gasteiger partial charge in [-0.05, 0) is 31.4 Å². The van der Waals surface area contributed by atoms with Crippen molar-refractivity contribution in [2.24, 2.45) is 0 Å². The summed E-state index contributed by atoms with van der Waals surface area (Å²) in [5, 5.41) is 7.99. The van der Waals surface area contributed by atoms with Crippen LogP contribution >= 0.6 is 11.8 Å². The Labute approximate surface area is 139 Å². The summed E-state index contributed by atoms with van der Waals surface area (Å²) >= 11 is 1.62. The summed E-state index contributed by atoms with van der Waals surface area (Å²) in [7, 11) is 3.26. The fraction of sp³-hybridized carbons (Fsp3) is 0.500. The molecule has 2 aromatic rings. The Bertz CT molecular complexity index is 641. The van der Waals surface area contributed by atoms with Crippen LogP contribution in [0.4, 0.5) is 0 Å². The van der Waals surface area contributed by atoms with Crippen LogP contribution in [0.25, 0.3) is 11.4 Å². The lowest BCUT2D eigenvalue weighted by Gasteiger charge is -2.21. The van der Waals surface area contributed by atoms with Crippen LogP contribution in [-0.4, -0.2) is 47.9 Å². The average Bonchev–Trinajstić information content (AvgIpc) is 3.09. The first kappa shape index (κ1) is 16.1. The number of aromatic nitrogens is 3. The monoisotopic (exact) mass is 335 g/mol. The van der Waals surface area contributed by atoms with Crippen molar-refractivity contribution in [3.05, 3.63) is 18.2 Å². The van der Waals surface area contributed by atoms with Crippen LogP contribution < -0.4 is 9.47 Å². The van der Waals surface area contributed by atoms with Gasteiger partial charge in [0.2, 0.25) is 5.16 Å². The Hall–Kier alpha value is -1.73. The summed E-state index contributed by atoms with van der Waals surface area (Å²) in [6.45, 7) is 0.869. The standard InChI is InChI=1S/C16H21N3O3S/c1-20-11-6-7-13(14(9-11)21-2)15-17-16(19-18-15)23-10-12-5-3-4-8-22-12/h6-7,9,12H,3-5,8,10H2,1-2H3,(H,17,18,19). The van der Waals surface area contributed by atoms with Gasteiger partial charge in [0.25, 0.3) is 0 Å². The number of hydrogen-bond acceptors (Lipinski definition) is 6. The normalized spacial score (nSPS) is 17.9. The highest BCUT2D eigenvalue weighted by Gasteiger charge is 2.16. The molecule has 0 saturated carbocycles. The van der Waals surface area contributed by atoms with Crippen molar-refractivity contribution in [3.8, 4) is 22.9 Å². The average molecular weight is 335 g/mol. The first-order valence-corrected chi connectivity index (χ1v) is 8.68. The fourth-order valence-electron chi connectivity index (χ4n) is 2.53. The van der Waals surface area contributed by atoms with Crippen molar-refractivity contribution in [2.45, 2.75) is 30.5 Å². The lowest BCUT2D eigenvalue weighted by Crippen LogP contribution is -2.21. The summed E-state index contributed by atoms with van der Waals surface area (Å²) < 4.78 is 16.4. The molecule has 1 aliphatic heterocycles. The van der Waals surface area contributed by atoms with E-state index in [1.54, 1.807) is 26.0 Å². The van der Waals surface area contributed by atoms with Gasteiger partial charge in [-0.3, -0.25) is 5.10 Å². The molecule has 1 saturated heterocycles. The smallest absolute Gasteiger partial charge is 0.208 e. The molecule has 0 spiro atoms. The molecular formula is C16H21N3O3S. The van der Waals surface area contributed by atoms with E-state index in [1.165, 1.54) is 12.8 Å². The van der Waals surface area contributed by atoms with E-state index >= 15 is 0 Å². The molecule has 1 fully saturated rings. The van der Waals surface area contributed by atoms with Crippen LogP contribution in [0.1, 0.15) is 19.3 Å². The van der Waals surface area contributed by atoms with Crippen molar-refractivity contribution in [1.82, 2.24) is 15.2 Å². The highest BCUT2D eigenvalue weighted by Crippen LogP contribution is 2.32. The molecule has 1 unspecified atom stereocenters. The van der Waals surface area contributed by atoms with Gasteiger partial charge in [0.1, 0.15) is 11.5 Å². The molecule has 1 N–H and O–H groups in total. The van der Waals surface area contributed by atoms with Crippen molar-refractivity contribution in [2.75, 3.05) is 26.6 Å². The zero-order valence-corrected chi connectivity index (χ0v) is 14.2. The molecule has 23 heavy (non-hydrogen) atoms. The van der Waals surface area contributed by atoms with Gasteiger partial charge >= 0.3 is 0 Å².